The van der Waals surface area contributed by atoms with E-state index in [2.05, 4.69) is 48.8 Å². The first-order chi connectivity index (χ1) is 13.6. The predicted octanol–water partition coefficient (Wildman–Crippen LogP) is 6.89. The van der Waals surface area contributed by atoms with Gasteiger partial charge in [0.1, 0.15) is 5.83 Å². The molecule has 2 nitrogen and oxygen atoms in total. The Kier molecular flexibility index (Phi) is 10.9. The molecular weight excluding hydrogens is 347 g/mol. The van der Waals surface area contributed by atoms with Crippen molar-refractivity contribution in [3.8, 4) is 0 Å². The third kappa shape index (κ3) is 6.99. The van der Waals surface area contributed by atoms with Crippen molar-refractivity contribution >= 4 is 12.4 Å². The first-order valence-electron chi connectivity index (χ1n) is 9.58. The molecule has 0 radical (unpaired) electrons. The van der Waals surface area contributed by atoms with Gasteiger partial charge < -0.3 is 4.90 Å². The quantitative estimate of drug-likeness (QED) is 0.220. The summed E-state index contributed by atoms with van der Waals surface area (Å²) in [7, 11) is 0. The fourth-order valence-electron chi connectivity index (χ4n) is 2.86. The van der Waals surface area contributed by atoms with Crippen LogP contribution in [0.2, 0.25) is 0 Å². The van der Waals surface area contributed by atoms with Crippen LogP contribution in [-0.2, 0) is 0 Å². The Morgan fingerprint density at radius 2 is 1.93 bits per heavy atom. The second kappa shape index (κ2) is 13.3. The molecule has 148 valence electrons. The third-order valence-electron chi connectivity index (χ3n) is 4.27. The summed E-state index contributed by atoms with van der Waals surface area (Å²) >= 11 is 0. The minimum Gasteiger partial charge on any atom is -0.370 e. The maximum absolute atomic E-state index is 13.2. The van der Waals surface area contributed by atoms with Crippen molar-refractivity contribution in [3.63, 3.8) is 0 Å². The number of unbranched alkanes of at least 4 members (excludes halogenated alkanes) is 1. The molecule has 1 rings (SSSR count). The number of rotatable bonds is 12. The molecule has 0 spiro atoms. The highest BCUT2D eigenvalue weighted by Crippen LogP contribution is 2.29. The molecule has 1 aromatic carbocycles. The molecule has 0 N–H and O–H groups in total. The lowest BCUT2D eigenvalue weighted by molar-refractivity contribution is 0.408. The monoisotopic (exact) mass is 378 g/mol. The van der Waals surface area contributed by atoms with Gasteiger partial charge in [0.05, 0.1) is 11.4 Å². The smallest absolute Gasteiger partial charge is 0.118 e. The first kappa shape index (κ1) is 23.1. The molecule has 0 saturated carbocycles. The van der Waals surface area contributed by atoms with E-state index < -0.39 is 0 Å². The van der Waals surface area contributed by atoms with Crippen molar-refractivity contribution in [2.24, 2.45) is 4.99 Å². The van der Waals surface area contributed by atoms with Crippen LogP contribution in [-0.4, -0.2) is 24.7 Å². The van der Waals surface area contributed by atoms with Gasteiger partial charge in [-0.1, -0.05) is 73.9 Å². The highest BCUT2D eigenvalue weighted by molar-refractivity contribution is 5.73. The topological polar surface area (TPSA) is 15.6 Å². The van der Waals surface area contributed by atoms with Crippen molar-refractivity contribution in [2.45, 2.75) is 26.7 Å². The van der Waals surface area contributed by atoms with Crippen LogP contribution in [0.3, 0.4) is 0 Å². The van der Waals surface area contributed by atoms with Gasteiger partial charge in [0.15, 0.2) is 0 Å². The standard InChI is InChI=1S/C25H31FN2/c1-6-16-21(7-2)24(27-5)25(22-17-12-10-13-18-22)28(9-4)20-15-11-14-19-23(26)8-3/h6-8,10,12-14,16-19H,1-2,5,9,11,15,20H2,3-4H3/b19-14-,21-16+,23-8+,25-24-. The van der Waals surface area contributed by atoms with Crippen LogP contribution in [0.4, 0.5) is 4.39 Å². The molecule has 0 fully saturated rings. The van der Waals surface area contributed by atoms with Gasteiger partial charge in [-0.2, -0.15) is 0 Å². The zero-order valence-corrected chi connectivity index (χ0v) is 17.1. The van der Waals surface area contributed by atoms with Crippen LogP contribution in [0.15, 0.2) is 102 Å². The van der Waals surface area contributed by atoms with E-state index in [1.54, 1.807) is 19.1 Å². The summed E-state index contributed by atoms with van der Waals surface area (Å²) in [6.45, 7) is 16.9. The number of benzene rings is 1. The molecule has 0 bridgehead atoms. The van der Waals surface area contributed by atoms with Gasteiger partial charge in [-0.3, -0.25) is 4.99 Å². The molecule has 0 aliphatic rings. The van der Waals surface area contributed by atoms with E-state index in [9.17, 15) is 4.39 Å². The SMILES string of the molecule is C=C/C=C(C=C)/C(N=C)=C(\c1ccccc1)N(CC)CCC/C=C\C(F)=C/C. The third-order valence-corrected chi connectivity index (χ3v) is 4.27. The first-order valence-corrected chi connectivity index (χ1v) is 9.58. The van der Waals surface area contributed by atoms with Crippen LogP contribution in [0.1, 0.15) is 32.3 Å². The van der Waals surface area contributed by atoms with E-state index in [4.69, 9.17) is 0 Å². The largest absolute Gasteiger partial charge is 0.370 e. The Balaban J connectivity index is 3.25. The van der Waals surface area contributed by atoms with Crippen molar-refractivity contribution in [3.05, 3.63) is 103 Å². The Hall–Kier alpha value is -2.94. The Labute approximate surface area is 169 Å². The van der Waals surface area contributed by atoms with Gasteiger partial charge in [-0.25, -0.2) is 4.39 Å². The average molecular weight is 379 g/mol. The Morgan fingerprint density at radius 1 is 1.21 bits per heavy atom. The van der Waals surface area contributed by atoms with E-state index in [-0.39, 0.29) is 5.83 Å². The molecule has 0 aromatic heterocycles. The highest BCUT2D eigenvalue weighted by atomic mass is 19.1. The summed E-state index contributed by atoms with van der Waals surface area (Å²) in [6, 6.07) is 10.2. The van der Waals surface area contributed by atoms with E-state index in [1.807, 2.05) is 30.4 Å². The minimum atomic E-state index is -0.208. The van der Waals surface area contributed by atoms with Gasteiger partial charge in [0.25, 0.3) is 0 Å². The molecule has 0 saturated heterocycles. The lowest BCUT2D eigenvalue weighted by Gasteiger charge is -2.28. The number of halogens is 1. The zero-order valence-electron chi connectivity index (χ0n) is 17.1. The minimum absolute atomic E-state index is 0.208. The molecule has 0 atom stereocenters. The summed E-state index contributed by atoms with van der Waals surface area (Å²) in [5, 5.41) is 0. The molecule has 3 heteroatoms. The van der Waals surface area contributed by atoms with Crippen molar-refractivity contribution < 1.29 is 4.39 Å². The van der Waals surface area contributed by atoms with E-state index in [0.29, 0.717) is 0 Å². The van der Waals surface area contributed by atoms with Crippen molar-refractivity contribution in [2.75, 3.05) is 13.1 Å². The summed E-state index contributed by atoms with van der Waals surface area (Å²) in [4.78, 5) is 6.61. The fraction of sp³-hybridized carbons (Fsp3) is 0.240. The summed E-state index contributed by atoms with van der Waals surface area (Å²) in [5.41, 5.74) is 3.73. The van der Waals surface area contributed by atoms with Crippen molar-refractivity contribution in [1.29, 1.82) is 0 Å². The normalized spacial score (nSPS) is 13.2. The Bertz CT molecular complexity index is 767. The van der Waals surface area contributed by atoms with Crippen LogP contribution >= 0.6 is 0 Å². The second-order valence-electron chi connectivity index (χ2n) is 6.08. The number of allylic oxidation sites excluding steroid dienone is 7. The lowest BCUT2D eigenvalue weighted by atomic mass is 10.0. The average Bonchev–Trinajstić information content (AvgIpc) is 2.74. The van der Waals surface area contributed by atoms with Gasteiger partial charge in [-0.15, -0.1) is 0 Å². The van der Waals surface area contributed by atoms with Gasteiger partial charge in [0, 0.05) is 24.2 Å². The van der Waals surface area contributed by atoms with E-state index >= 15 is 0 Å². The summed E-state index contributed by atoms with van der Waals surface area (Å²) < 4.78 is 13.2. The molecule has 0 aliphatic carbocycles. The number of nitrogens with zero attached hydrogens (tertiary/aromatic N) is 2. The molecule has 28 heavy (non-hydrogen) atoms. The second-order valence-corrected chi connectivity index (χ2v) is 6.08. The van der Waals surface area contributed by atoms with Crippen LogP contribution in [0.5, 0.6) is 0 Å². The maximum Gasteiger partial charge on any atom is 0.118 e. The molecule has 0 heterocycles. The van der Waals surface area contributed by atoms with Gasteiger partial charge >= 0.3 is 0 Å². The van der Waals surface area contributed by atoms with Gasteiger partial charge in [-0.05, 0) is 39.5 Å². The molecule has 1 aromatic rings. The number of hydrogen-bond donors (Lipinski definition) is 0. The van der Waals surface area contributed by atoms with Crippen molar-refractivity contribution in [1.82, 2.24) is 4.90 Å². The molecule has 0 amide bonds. The van der Waals surface area contributed by atoms with Crippen LogP contribution in [0, 0.1) is 0 Å². The van der Waals surface area contributed by atoms with Crippen LogP contribution < -0.4 is 0 Å². The number of aliphatic imine (C=N–C) groups is 1. The highest BCUT2D eigenvalue weighted by Gasteiger charge is 2.16. The van der Waals surface area contributed by atoms with E-state index in [1.165, 1.54) is 12.2 Å². The molecule has 0 aliphatic heterocycles. The summed E-state index contributed by atoms with van der Waals surface area (Å²) in [6.07, 6.45) is 11.9. The maximum atomic E-state index is 13.2. The van der Waals surface area contributed by atoms with Crippen LogP contribution in [0.25, 0.3) is 5.70 Å². The Morgan fingerprint density at radius 3 is 2.46 bits per heavy atom. The van der Waals surface area contributed by atoms with Gasteiger partial charge in [0.2, 0.25) is 0 Å². The lowest BCUT2D eigenvalue weighted by Crippen LogP contribution is -2.24. The zero-order chi connectivity index (χ0) is 20.8. The fourth-order valence-corrected chi connectivity index (χ4v) is 2.86. The molecular formula is C25H31FN2. The summed E-state index contributed by atoms with van der Waals surface area (Å²) in [5.74, 6) is -0.208. The predicted molar refractivity (Wildman–Crippen MR) is 122 cm³/mol. The molecule has 0 unspecified atom stereocenters. The van der Waals surface area contributed by atoms with E-state index in [0.717, 1.165) is 48.5 Å². The number of hydrogen-bond acceptors (Lipinski definition) is 2.